The SMILES string of the molecule is CCN(c1ccc(C)cc1)c1cc(Cl)ncn1. The quantitative estimate of drug-likeness (QED) is 0.776. The molecule has 0 bridgehead atoms. The Hall–Kier alpha value is -1.61. The number of rotatable bonds is 3. The molecular weight excluding hydrogens is 234 g/mol. The molecule has 0 saturated carbocycles. The Bertz CT molecular complexity index is 496. The van der Waals surface area contributed by atoms with Gasteiger partial charge < -0.3 is 4.90 Å². The fraction of sp³-hybridized carbons (Fsp3) is 0.231. The lowest BCUT2D eigenvalue weighted by molar-refractivity contribution is 0.975. The van der Waals surface area contributed by atoms with Gasteiger partial charge in [0.25, 0.3) is 0 Å². The summed E-state index contributed by atoms with van der Waals surface area (Å²) in [7, 11) is 0. The predicted molar refractivity (Wildman–Crippen MR) is 70.9 cm³/mol. The van der Waals surface area contributed by atoms with E-state index in [1.54, 1.807) is 6.07 Å². The van der Waals surface area contributed by atoms with Crippen molar-refractivity contribution in [2.45, 2.75) is 13.8 Å². The number of nitrogens with zero attached hydrogens (tertiary/aromatic N) is 3. The number of aromatic nitrogens is 2. The van der Waals surface area contributed by atoms with Gasteiger partial charge in [-0.2, -0.15) is 0 Å². The van der Waals surface area contributed by atoms with Gasteiger partial charge in [-0.1, -0.05) is 29.3 Å². The van der Waals surface area contributed by atoms with Gasteiger partial charge in [0.05, 0.1) is 0 Å². The molecule has 0 saturated heterocycles. The van der Waals surface area contributed by atoms with Crippen LogP contribution in [0.4, 0.5) is 11.5 Å². The molecule has 0 fully saturated rings. The molecule has 0 unspecified atom stereocenters. The first-order valence-corrected chi connectivity index (χ1v) is 5.90. The van der Waals surface area contributed by atoms with Gasteiger partial charge >= 0.3 is 0 Å². The molecule has 0 radical (unpaired) electrons. The normalized spacial score (nSPS) is 10.3. The average Bonchev–Trinajstić information content (AvgIpc) is 2.33. The molecular formula is C13H14ClN3. The molecule has 2 aromatic rings. The highest BCUT2D eigenvalue weighted by molar-refractivity contribution is 6.29. The van der Waals surface area contributed by atoms with Crippen LogP contribution >= 0.6 is 11.6 Å². The van der Waals surface area contributed by atoms with Gasteiger partial charge in [-0.15, -0.1) is 0 Å². The van der Waals surface area contributed by atoms with Crippen LogP contribution in [0.1, 0.15) is 12.5 Å². The topological polar surface area (TPSA) is 29.0 Å². The lowest BCUT2D eigenvalue weighted by atomic mass is 10.2. The second-order valence-electron chi connectivity index (χ2n) is 3.78. The molecule has 0 amide bonds. The maximum Gasteiger partial charge on any atom is 0.137 e. The standard InChI is InChI=1S/C13H14ClN3/c1-3-17(11-6-4-10(2)5-7-11)13-8-12(14)15-9-16-13/h4-9H,3H2,1-2H3. The summed E-state index contributed by atoms with van der Waals surface area (Å²) in [5.74, 6) is 0.816. The molecule has 1 aromatic heterocycles. The summed E-state index contributed by atoms with van der Waals surface area (Å²) in [5.41, 5.74) is 2.35. The Morgan fingerprint density at radius 1 is 1.18 bits per heavy atom. The molecule has 0 spiro atoms. The minimum atomic E-state index is 0.459. The Morgan fingerprint density at radius 3 is 2.47 bits per heavy atom. The van der Waals surface area contributed by atoms with Crippen molar-refractivity contribution < 1.29 is 0 Å². The van der Waals surface area contributed by atoms with Crippen LogP contribution in [0, 0.1) is 6.92 Å². The van der Waals surface area contributed by atoms with Crippen LogP contribution in [-0.2, 0) is 0 Å². The highest BCUT2D eigenvalue weighted by Gasteiger charge is 2.08. The van der Waals surface area contributed by atoms with Crippen LogP contribution in [-0.4, -0.2) is 16.5 Å². The van der Waals surface area contributed by atoms with Crippen molar-refractivity contribution >= 4 is 23.1 Å². The Kier molecular flexibility index (Phi) is 3.59. The van der Waals surface area contributed by atoms with Crippen molar-refractivity contribution in [1.29, 1.82) is 0 Å². The fourth-order valence-corrected chi connectivity index (χ4v) is 1.81. The van der Waals surface area contributed by atoms with E-state index in [1.165, 1.54) is 11.9 Å². The van der Waals surface area contributed by atoms with Crippen LogP contribution in [0.5, 0.6) is 0 Å². The summed E-state index contributed by atoms with van der Waals surface area (Å²) in [6.45, 7) is 4.98. The van der Waals surface area contributed by atoms with Crippen molar-refractivity contribution in [1.82, 2.24) is 9.97 Å². The maximum atomic E-state index is 5.88. The van der Waals surface area contributed by atoms with Crippen LogP contribution in [0.3, 0.4) is 0 Å². The second kappa shape index (κ2) is 5.15. The first-order valence-electron chi connectivity index (χ1n) is 5.52. The molecule has 3 nitrogen and oxygen atoms in total. The summed E-state index contributed by atoms with van der Waals surface area (Å²) < 4.78 is 0. The Balaban J connectivity index is 2.36. The van der Waals surface area contributed by atoms with E-state index < -0.39 is 0 Å². The monoisotopic (exact) mass is 247 g/mol. The molecule has 17 heavy (non-hydrogen) atoms. The third kappa shape index (κ3) is 2.74. The zero-order valence-electron chi connectivity index (χ0n) is 9.89. The molecule has 0 atom stereocenters. The lowest BCUT2D eigenvalue weighted by Gasteiger charge is -2.22. The fourth-order valence-electron chi connectivity index (χ4n) is 1.67. The van der Waals surface area contributed by atoms with Gasteiger partial charge in [-0.05, 0) is 26.0 Å². The van der Waals surface area contributed by atoms with Crippen molar-refractivity contribution in [2.75, 3.05) is 11.4 Å². The zero-order valence-corrected chi connectivity index (χ0v) is 10.6. The van der Waals surface area contributed by atoms with E-state index >= 15 is 0 Å². The lowest BCUT2D eigenvalue weighted by Crippen LogP contribution is -2.17. The van der Waals surface area contributed by atoms with Crippen LogP contribution in [0.2, 0.25) is 5.15 Å². The van der Waals surface area contributed by atoms with Crippen molar-refractivity contribution in [2.24, 2.45) is 0 Å². The van der Waals surface area contributed by atoms with Crippen LogP contribution in [0.15, 0.2) is 36.7 Å². The Morgan fingerprint density at radius 2 is 1.88 bits per heavy atom. The largest absolute Gasteiger partial charge is 0.327 e. The van der Waals surface area contributed by atoms with Gasteiger partial charge in [-0.25, -0.2) is 9.97 Å². The minimum Gasteiger partial charge on any atom is -0.327 e. The molecule has 1 aromatic carbocycles. The van der Waals surface area contributed by atoms with Crippen LogP contribution in [0.25, 0.3) is 0 Å². The van der Waals surface area contributed by atoms with Gasteiger partial charge in [0, 0.05) is 18.3 Å². The first-order chi connectivity index (χ1) is 8.20. The predicted octanol–water partition coefficient (Wildman–Crippen LogP) is 3.60. The highest BCUT2D eigenvalue weighted by atomic mass is 35.5. The van der Waals surface area contributed by atoms with Gasteiger partial charge in [0.15, 0.2) is 0 Å². The molecule has 4 heteroatoms. The molecule has 1 heterocycles. The van der Waals surface area contributed by atoms with E-state index in [9.17, 15) is 0 Å². The van der Waals surface area contributed by atoms with E-state index in [0.29, 0.717) is 5.15 Å². The summed E-state index contributed by atoms with van der Waals surface area (Å²) in [5, 5.41) is 0.459. The van der Waals surface area contributed by atoms with Gasteiger partial charge in [0.1, 0.15) is 17.3 Å². The minimum absolute atomic E-state index is 0.459. The van der Waals surface area contributed by atoms with Crippen molar-refractivity contribution in [3.8, 4) is 0 Å². The van der Waals surface area contributed by atoms with Crippen molar-refractivity contribution in [3.05, 3.63) is 47.4 Å². The van der Waals surface area contributed by atoms with E-state index in [-0.39, 0.29) is 0 Å². The molecule has 0 aliphatic carbocycles. The number of hydrogen-bond acceptors (Lipinski definition) is 3. The van der Waals surface area contributed by atoms with E-state index in [2.05, 4.69) is 53.0 Å². The van der Waals surface area contributed by atoms with E-state index in [1.807, 2.05) is 0 Å². The summed E-state index contributed by atoms with van der Waals surface area (Å²) in [6, 6.07) is 10.1. The number of hydrogen-bond donors (Lipinski definition) is 0. The smallest absolute Gasteiger partial charge is 0.137 e. The third-order valence-electron chi connectivity index (χ3n) is 2.56. The summed E-state index contributed by atoms with van der Waals surface area (Å²) in [4.78, 5) is 10.2. The number of anilines is 2. The average molecular weight is 248 g/mol. The van der Waals surface area contributed by atoms with Crippen LogP contribution < -0.4 is 4.90 Å². The van der Waals surface area contributed by atoms with E-state index in [4.69, 9.17) is 11.6 Å². The Labute approximate surface area is 106 Å². The molecule has 0 aliphatic rings. The summed E-state index contributed by atoms with van der Waals surface area (Å²) >= 11 is 5.88. The second-order valence-corrected chi connectivity index (χ2v) is 4.17. The van der Waals surface area contributed by atoms with Gasteiger partial charge in [-0.3, -0.25) is 0 Å². The number of aryl methyl sites for hydroxylation is 1. The first kappa shape index (κ1) is 11.9. The number of halogens is 1. The summed E-state index contributed by atoms with van der Waals surface area (Å²) in [6.07, 6.45) is 1.48. The molecule has 88 valence electrons. The van der Waals surface area contributed by atoms with Crippen molar-refractivity contribution in [3.63, 3.8) is 0 Å². The third-order valence-corrected chi connectivity index (χ3v) is 2.76. The highest BCUT2D eigenvalue weighted by Crippen LogP contribution is 2.24. The molecule has 0 aliphatic heterocycles. The van der Waals surface area contributed by atoms with Gasteiger partial charge in [0.2, 0.25) is 0 Å². The maximum absolute atomic E-state index is 5.88. The molecule has 2 rings (SSSR count). The molecule has 0 N–H and O–H groups in total. The van der Waals surface area contributed by atoms with E-state index in [0.717, 1.165) is 18.1 Å². The zero-order chi connectivity index (χ0) is 12.3. The number of benzene rings is 1.